The van der Waals surface area contributed by atoms with Crippen molar-refractivity contribution in [1.82, 2.24) is 9.99 Å². The van der Waals surface area contributed by atoms with Crippen LogP contribution in [-0.4, -0.2) is 31.7 Å². The number of amides is 1. The Kier molecular flexibility index (Phi) is 9.27. The Balaban J connectivity index is 1.61. The molecule has 0 aliphatic heterocycles. The predicted octanol–water partition coefficient (Wildman–Crippen LogP) is 7.42. The fourth-order valence-corrected chi connectivity index (χ4v) is 6.42. The summed E-state index contributed by atoms with van der Waals surface area (Å²) in [6.45, 7) is 2.80. The summed E-state index contributed by atoms with van der Waals surface area (Å²) in [4.78, 5) is 12.7. The van der Waals surface area contributed by atoms with Crippen molar-refractivity contribution in [2.45, 2.75) is 24.9 Å². The van der Waals surface area contributed by atoms with Crippen molar-refractivity contribution in [3.05, 3.63) is 110 Å². The van der Waals surface area contributed by atoms with E-state index in [2.05, 4.69) is 10.5 Å². The summed E-state index contributed by atoms with van der Waals surface area (Å²) in [5.41, 5.74) is 3.52. The minimum absolute atomic E-state index is 0.224. The SMILES string of the molecule is Cc1cc(/C=N/NC(=O)CN(c2ccc(Cl)c(C(F)(F)F)c2)S(=O)(=O)c2ccccc2)c(C)n1-c1cc(Cl)cc(Cl)c1. The number of alkyl halides is 3. The molecule has 0 aliphatic carbocycles. The smallest absolute Gasteiger partial charge is 0.318 e. The first-order valence-electron chi connectivity index (χ1n) is 12.1. The molecule has 1 amide bonds. The van der Waals surface area contributed by atoms with E-state index in [0.29, 0.717) is 31.7 Å². The van der Waals surface area contributed by atoms with Gasteiger partial charge in [0, 0.05) is 32.7 Å². The van der Waals surface area contributed by atoms with E-state index in [4.69, 9.17) is 34.8 Å². The molecule has 1 heterocycles. The molecule has 4 rings (SSSR count). The van der Waals surface area contributed by atoms with Crippen LogP contribution in [0.2, 0.25) is 15.1 Å². The number of carbonyl (C=O) groups excluding carboxylic acids is 1. The van der Waals surface area contributed by atoms with Crippen molar-refractivity contribution < 1.29 is 26.4 Å². The number of nitrogens with one attached hydrogen (secondary N) is 1. The number of nitrogens with zero attached hydrogens (tertiary/aromatic N) is 3. The molecule has 42 heavy (non-hydrogen) atoms. The second kappa shape index (κ2) is 12.4. The highest BCUT2D eigenvalue weighted by Gasteiger charge is 2.35. The van der Waals surface area contributed by atoms with E-state index < -0.39 is 44.9 Å². The molecule has 1 aromatic heterocycles. The molecule has 3 aromatic carbocycles. The summed E-state index contributed by atoms with van der Waals surface area (Å²) >= 11 is 18.0. The summed E-state index contributed by atoms with van der Waals surface area (Å²) in [5, 5.41) is 4.23. The van der Waals surface area contributed by atoms with Crippen LogP contribution in [0.5, 0.6) is 0 Å². The maximum atomic E-state index is 13.5. The van der Waals surface area contributed by atoms with E-state index in [1.165, 1.54) is 30.5 Å². The van der Waals surface area contributed by atoms with E-state index in [-0.39, 0.29) is 4.90 Å². The first kappa shape index (κ1) is 31.4. The number of halogens is 6. The normalized spacial score (nSPS) is 12.1. The molecule has 0 saturated heterocycles. The van der Waals surface area contributed by atoms with Crippen LogP contribution >= 0.6 is 34.8 Å². The topological polar surface area (TPSA) is 83.8 Å². The van der Waals surface area contributed by atoms with Gasteiger partial charge in [0.15, 0.2) is 0 Å². The van der Waals surface area contributed by atoms with Gasteiger partial charge in [0.2, 0.25) is 0 Å². The average Bonchev–Trinajstić information content (AvgIpc) is 3.19. The molecule has 1 N–H and O–H groups in total. The second-order valence-corrected chi connectivity index (χ2v) is 12.2. The van der Waals surface area contributed by atoms with Crippen LogP contribution in [0.25, 0.3) is 5.69 Å². The van der Waals surface area contributed by atoms with Gasteiger partial charge in [-0.15, -0.1) is 0 Å². The van der Waals surface area contributed by atoms with Gasteiger partial charge in [0.25, 0.3) is 15.9 Å². The lowest BCUT2D eigenvalue weighted by molar-refractivity contribution is -0.137. The predicted molar refractivity (Wildman–Crippen MR) is 158 cm³/mol. The molecular formula is C28H22Cl3F3N4O3S. The summed E-state index contributed by atoms with van der Waals surface area (Å²) in [6.07, 6.45) is -3.49. The van der Waals surface area contributed by atoms with Gasteiger partial charge in [-0.1, -0.05) is 53.0 Å². The molecule has 7 nitrogen and oxygen atoms in total. The number of anilines is 1. The van der Waals surface area contributed by atoms with Crippen molar-refractivity contribution in [1.29, 1.82) is 0 Å². The number of rotatable bonds is 8. The minimum Gasteiger partial charge on any atom is -0.318 e. The highest BCUT2D eigenvalue weighted by molar-refractivity contribution is 7.92. The maximum absolute atomic E-state index is 13.5. The number of aromatic nitrogens is 1. The molecular weight excluding hydrogens is 636 g/mol. The second-order valence-electron chi connectivity index (χ2n) is 9.07. The zero-order valence-corrected chi connectivity index (χ0v) is 25.0. The Bertz CT molecular complexity index is 1760. The quantitative estimate of drug-likeness (QED) is 0.158. The fraction of sp³-hybridized carbons (Fsp3) is 0.143. The first-order chi connectivity index (χ1) is 19.7. The molecule has 4 aromatic rings. The number of benzene rings is 3. The van der Waals surface area contributed by atoms with Crippen LogP contribution in [0, 0.1) is 13.8 Å². The largest absolute Gasteiger partial charge is 0.417 e. The van der Waals surface area contributed by atoms with Gasteiger partial charge in [-0.25, -0.2) is 13.8 Å². The van der Waals surface area contributed by atoms with E-state index in [1.807, 2.05) is 18.4 Å². The molecule has 0 unspecified atom stereocenters. The molecule has 0 bridgehead atoms. The molecule has 14 heteroatoms. The zero-order valence-electron chi connectivity index (χ0n) is 22.0. The van der Waals surface area contributed by atoms with E-state index in [9.17, 15) is 26.4 Å². The van der Waals surface area contributed by atoms with Crippen LogP contribution in [0.1, 0.15) is 22.5 Å². The van der Waals surface area contributed by atoms with Crippen LogP contribution in [0.4, 0.5) is 18.9 Å². The van der Waals surface area contributed by atoms with Gasteiger partial charge in [0.05, 0.1) is 27.4 Å². The number of hydrogen-bond donors (Lipinski definition) is 1. The van der Waals surface area contributed by atoms with E-state index >= 15 is 0 Å². The molecule has 0 radical (unpaired) electrons. The van der Waals surface area contributed by atoms with Gasteiger partial charge >= 0.3 is 6.18 Å². The van der Waals surface area contributed by atoms with Crippen molar-refractivity contribution in [3.8, 4) is 5.69 Å². The standard InChI is InChI=1S/C28H22Cl3F3N4O3S/c1-17-10-19(18(2)38(17)23-12-20(29)11-21(30)13-23)15-35-36-27(39)16-37(42(40,41)24-6-4-3-5-7-24)22-8-9-26(31)25(14-22)28(32,33)34/h3-15H,16H2,1-2H3,(H,36,39)/b35-15+. The Labute approximate surface area is 255 Å². The van der Waals surface area contributed by atoms with E-state index in [0.717, 1.165) is 23.5 Å². The van der Waals surface area contributed by atoms with E-state index in [1.54, 1.807) is 30.3 Å². The zero-order chi connectivity index (χ0) is 30.8. The summed E-state index contributed by atoms with van der Waals surface area (Å²) < 4.78 is 70.0. The number of hydrazone groups is 1. The molecule has 220 valence electrons. The van der Waals surface area contributed by atoms with Crippen LogP contribution in [-0.2, 0) is 21.0 Å². The Morgan fingerprint density at radius 2 is 1.62 bits per heavy atom. The number of aryl methyl sites for hydroxylation is 1. The van der Waals surface area contributed by atoms with Crippen molar-refractivity contribution in [3.63, 3.8) is 0 Å². The molecule has 0 spiro atoms. The van der Waals surface area contributed by atoms with Crippen molar-refractivity contribution in [2.75, 3.05) is 10.8 Å². The van der Waals surface area contributed by atoms with Gasteiger partial charge in [-0.2, -0.15) is 18.3 Å². The highest BCUT2D eigenvalue weighted by Crippen LogP contribution is 2.38. The monoisotopic (exact) mass is 656 g/mol. The third kappa shape index (κ3) is 6.92. The lowest BCUT2D eigenvalue weighted by atomic mass is 10.2. The summed E-state index contributed by atoms with van der Waals surface area (Å²) in [5.74, 6) is -0.898. The van der Waals surface area contributed by atoms with Gasteiger partial charge < -0.3 is 4.57 Å². The van der Waals surface area contributed by atoms with Gasteiger partial charge in [0.1, 0.15) is 6.54 Å². The number of sulfonamides is 1. The van der Waals surface area contributed by atoms with Gasteiger partial charge in [-0.05, 0) is 68.4 Å². The lowest BCUT2D eigenvalue weighted by Crippen LogP contribution is -2.39. The third-order valence-corrected chi connectivity index (χ3v) is 8.68. The third-order valence-electron chi connectivity index (χ3n) is 6.13. The molecule has 0 fully saturated rings. The fourth-order valence-electron chi connectivity index (χ4n) is 4.24. The molecule has 0 saturated carbocycles. The Hall–Kier alpha value is -3.51. The molecule has 0 aliphatic rings. The first-order valence-corrected chi connectivity index (χ1v) is 14.7. The van der Waals surface area contributed by atoms with Crippen LogP contribution in [0.3, 0.4) is 0 Å². The minimum atomic E-state index is -4.86. The number of hydrogen-bond acceptors (Lipinski definition) is 4. The van der Waals surface area contributed by atoms with Crippen molar-refractivity contribution >= 4 is 62.6 Å². The number of carbonyl (C=O) groups is 1. The van der Waals surface area contributed by atoms with Crippen LogP contribution < -0.4 is 9.73 Å². The maximum Gasteiger partial charge on any atom is 0.417 e. The lowest BCUT2D eigenvalue weighted by Gasteiger charge is -2.24. The Morgan fingerprint density at radius 3 is 2.24 bits per heavy atom. The van der Waals surface area contributed by atoms with Crippen LogP contribution in [0.15, 0.2) is 82.8 Å². The average molecular weight is 658 g/mol. The molecule has 0 atom stereocenters. The van der Waals surface area contributed by atoms with Crippen molar-refractivity contribution in [2.24, 2.45) is 5.10 Å². The highest BCUT2D eigenvalue weighted by atomic mass is 35.5. The van der Waals surface area contributed by atoms with Gasteiger partial charge in [-0.3, -0.25) is 9.10 Å². The summed E-state index contributed by atoms with van der Waals surface area (Å²) in [7, 11) is -4.46. The summed E-state index contributed by atoms with van der Waals surface area (Å²) in [6, 6.07) is 16.5. The Morgan fingerprint density at radius 1 is 0.976 bits per heavy atom.